The zero-order valence-corrected chi connectivity index (χ0v) is 18.7. The van der Waals surface area contributed by atoms with Crippen LogP contribution in [0.2, 0.25) is 0 Å². The summed E-state index contributed by atoms with van der Waals surface area (Å²) in [6.07, 6.45) is -0.325. The lowest BCUT2D eigenvalue weighted by atomic mass is 9.87. The monoisotopic (exact) mass is 485 g/mol. The molecule has 1 aliphatic rings. The Kier molecular flexibility index (Phi) is 5.16. The second-order valence-electron chi connectivity index (χ2n) is 8.03. The molecule has 158 valence electrons. The molecular formula is C27H20BrNO3. The van der Waals surface area contributed by atoms with E-state index in [2.05, 4.69) is 15.9 Å². The predicted molar refractivity (Wildman–Crippen MR) is 129 cm³/mol. The number of hydrogen-bond donors (Lipinski definition) is 1. The van der Waals surface area contributed by atoms with Crippen LogP contribution >= 0.6 is 15.9 Å². The van der Waals surface area contributed by atoms with Crippen molar-refractivity contribution in [3.63, 3.8) is 0 Å². The summed E-state index contributed by atoms with van der Waals surface area (Å²) in [5, 5.41) is 13.4. The van der Waals surface area contributed by atoms with Crippen molar-refractivity contribution in [2.45, 2.75) is 18.6 Å². The van der Waals surface area contributed by atoms with Gasteiger partial charge in [0.1, 0.15) is 0 Å². The summed E-state index contributed by atoms with van der Waals surface area (Å²) in [4.78, 5) is 28.5. The first kappa shape index (κ1) is 20.6. The van der Waals surface area contributed by atoms with Crippen LogP contribution in [0.3, 0.4) is 0 Å². The van der Waals surface area contributed by atoms with Crippen molar-refractivity contribution in [2.24, 2.45) is 0 Å². The van der Waals surface area contributed by atoms with Gasteiger partial charge in [0.25, 0.3) is 5.91 Å². The first-order valence-electron chi connectivity index (χ1n) is 10.4. The van der Waals surface area contributed by atoms with E-state index < -0.39 is 11.5 Å². The minimum atomic E-state index is -1.93. The van der Waals surface area contributed by atoms with Gasteiger partial charge in [0.15, 0.2) is 11.4 Å². The third-order valence-electron chi connectivity index (χ3n) is 5.98. The first-order valence-corrected chi connectivity index (χ1v) is 11.2. The minimum Gasteiger partial charge on any atom is -0.375 e. The van der Waals surface area contributed by atoms with Gasteiger partial charge in [-0.15, -0.1) is 0 Å². The van der Waals surface area contributed by atoms with Crippen LogP contribution in [0.5, 0.6) is 0 Å². The molecule has 4 aromatic rings. The van der Waals surface area contributed by atoms with E-state index in [-0.39, 0.29) is 12.2 Å². The maximum Gasteiger partial charge on any atom is 0.264 e. The number of benzene rings is 4. The number of halogens is 1. The summed E-state index contributed by atoms with van der Waals surface area (Å²) in [5.41, 5.74) is 0.584. The topological polar surface area (TPSA) is 57.6 Å². The third kappa shape index (κ3) is 3.44. The van der Waals surface area contributed by atoms with E-state index in [1.807, 2.05) is 72.8 Å². The van der Waals surface area contributed by atoms with Crippen molar-refractivity contribution in [1.29, 1.82) is 0 Å². The number of ketones is 1. The average Bonchev–Trinajstić information content (AvgIpc) is 3.00. The van der Waals surface area contributed by atoms with Crippen molar-refractivity contribution in [1.82, 2.24) is 0 Å². The number of rotatable bonds is 5. The molecule has 32 heavy (non-hydrogen) atoms. The summed E-state index contributed by atoms with van der Waals surface area (Å²) in [7, 11) is 0. The molecule has 1 aliphatic heterocycles. The molecule has 0 aliphatic carbocycles. The van der Waals surface area contributed by atoms with Crippen LogP contribution < -0.4 is 4.90 Å². The summed E-state index contributed by atoms with van der Waals surface area (Å²) in [5.74, 6) is -0.756. The van der Waals surface area contributed by atoms with Crippen LogP contribution in [0.15, 0.2) is 95.5 Å². The van der Waals surface area contributed by atoms with Gasteiger partial charge in [0.05, 0.1) is 18.7 Å². The molecule has 5 heteroatoms. The Labute approximate surface area is 194 Å². The summed E-state index contributed by atoms with van der Waals surface area (Å²) in [6, 6.07) is 28.1. The molecule has 0 fully saturated rings. The van der Waals surface area contributed by atoms with Crippen molar-refractivity contribution >= 4 is 44.1 Å². The second-order valence-corrected chi connectivity index (χ2v) is 8.94. The van der Waals surface area contributed by atoms with Gasteiger partial charge in [-0.1, -0.05) is 88.7 Å². The fourth-order valence-electron chi connectivity index (χ4n) is 4.41. The van der Waals surface area contributed by atoms with Crippen LogP contribution in [0, 0.1) is 0 Å². The molecule has 0 unspecified atom stereocenters. The third-order valence-corrected chi connectivity index (χ3v) is 6.48. The Morgan fingerprint density at radius 1 is 0.906 bits per heavy atom. The highest BCUT2D eigenvalue weighted by Gasteiger charge is 2.51. The van der Waals surface area contributed by atoms with Crippen molar-refractivity contribution < 1.29 is 14.7 Å². The minimum absolute atomic E-state index is 0.273. The Balaban J connectivity index is 1.55. The molecule has 0 saturated carbocycles. The highest BCUT2D eigenvalue weighted by Crippen LogP contribution is 2.45. The molecule has 0 saturated heterocycles. The van der Waals surface area contributed by atoms with E-state index >= 15 is 0 Å². The van der Waals surface area contributed by atoms with Gasteiger partial charge in [-0.25, -0.2) is 0 Å². The van der Waals surface area contributed by atoms with Gasteiger partial charge in [-0.05, 0) is 34.5 Å². The molecule has 0 bridgehead atoms. The molecule has 5 rings (SSSR count). The van der Waals surface area contributed by atoms with Gasteiger partial charge in [0.2, 0.25) is 0 Å². The lowest BCUT2D eigenvalue weighted by molar-refractivity contribution is -0.136. The van der Waals surface area contributed by atoms with Crippen LogP contribution in [0.25, 0.3) is 10.8 Å². The van der Waals surface area contributed by atoms with Crippen LogP contribution in [-0.4, -0.2) is 16.8 Å². The summed E-state index contributed by atoms with van der Waals surface area (Å²) >= 11 is 3.44. The molecule has 4 nitrogen and oxygen atoms in total. The van der Waals surface area contributed by atoms with Crippen molar-refractivity contribution in [3.05, 3.63) is 112 Å². The number of hydrogen-bond acceptors (Lipinski definition) is 3. The Hall–Kier alpha value is -3.28. The van der Waals surface area contributed by atoms with E-state index in [4.69, 9.17) is 0 Å². The quantitative estimate of drug-likeness (QED) is 0.373. The first-order chi connectivity index (χ1) is 15.5. The number of anilines is 1. The normalized spacial score (nSPS) is 17.6. The number of nitrogens with zero attached hydrogens (tertiary/aromatic N) is 1. The highest BCUT2D eigenvalue weighted by atomic mass is 79.9. The maximum atomic E-state index is 13.5. The standard InChI is InChI=1S/C27H20BrNO3/c28-20-13-14-24-23(15-20)27(32,26(31)29(24)17-18-7-2-1-3-8-18)16-25(30)22-12-6-10-19-9-4-5-11-21(19)22/h1-15,32H,16-17H2/t27-/m0/s1. The molecule has 0 spiro atoms. The smallest absolute Gasteiger partial charge is 0.264 e. The SMILES string of the molecule is O=C(C[C@@]1(O)C(=O)N(Cc2ccccc2)c2ccc(Br)cc21)c1cccc2ccccc12. The molecular weight excluding hydrogens is 466 g/mol. The number of Topliss-reactive ketones (excluding diaryl/α,β-unsaturated/α-hetero) is 1. The molecule has 4 aromatic carbocycles. The summed E-state index contributed by atoms with van der Waals surface area (Å²) < 4.78 is 0.738. The van der Waals surface area contributed by atoms with Gasteiger partial charge >= 0.3 is 0 Å². The van der Waals surface area contributed by atoms with Gasteiger partial charge in [-0.3, -0.25) is 9.59 Å². The maximum absolute atomic E-state index is 13.5. The van der Waals surface area contributed by atoms with Crippen molar-refractivity contribution in [2.75, 3.05) is 4.90 Å². The largest absolute Gasteiger partial charge is 0.375 e. The molecule has 0 aromatic heterocycles. The van der Waals surface area contributed by atoms with Gasteiger partial charge < -0.3 is 10.0 Å². The molecule has 1 atom stereocenters. The average molecular weight is 486 g/mol. The second kappa shape index (κ2) is 8.01. The number of carbonyl (C=O) groups excluding carboxylic acids is 2. The molecule has 0 radical (unpaired) electrons. The number of fused-ring (bicyclic) bond motifs is 2. The van der Waals surface area contributed by atoms with E-state index in [1.165, 1.54) is 0 Å². The molecule has 1 amide bonds. The van der Waals surface area contributed by atoms with Crippen LogP contribution in [0.4, 0.5) is 5.69 Å². The van der Waals surface area contributed by atoms with Crippen LogP contribution in [-0.2, 0) is 16.9 Å². The zero-order valence-electron chi connectivity index (χ0n) is 17.2. The lowest BCUT2D eigenvalue weighted by Crippen LogP contribution is -2.41. The predicted octanol–water partition coefficient (Wildman–Crippen LogP) is 5.61. The molecule has 1 heterocycles. The number of amides is 1. The van der Waals surface area contributed by atoms with E-state index in [0.29, 0.717) is 23.4 Å². The van der Waals surface area contributed by atoms with Gasteiger partial charge in [0, 0.05) is 15.6 Å². The van der Waals surface area contributed by atoms with E-state index in [9.17, 15) is 14.7 Å². The molecule has 1 N–H and O–H groups in total. The Bertz CT molecular complexity index is 1350. The fourth-order valence-corrected chi connectivity index (χ4v) is 4.77. The zero-order chi connectivity index (χ0) is 22.3. The van der Waals surface area contributed by atoms with E-state index in [0.717, 1.165) is 20.8 Å². The van der Waals surface area contributed by atoms with Crippen LogP contribution in [0.1, 0.15) is 27.9 Å². The highest BCUT2D eigenvalue weighted by molar-refractivity contribution is 9.10. The number of carbonyl (C=O) groups is 2. The number of aliphatic hydroxyl groups is 1. The fraction of sp³-hybridized carbons (Fsp3) is 0.111. The Morgan fingerprint density at radius 3 is 2.44 bits per heavy atom. The van der Waals surface area contributed by atoms with Crippen molar-refractivity contribution in [3.8, 4) is 0 Å². The lowest BCUT2D eigenvalue weighted by Gasteiger charge is -2.23. The Morgan fingerprint density at radius 2 is 1.62 bits per heavy atom. The van der Waals surface area contributed by atoms with Gasteiger partial charge in [-0.2, -0.15) is 0 Å². The summed E-state index contributed by atoms with van der Waals surface area (Å²) in [6.45, 7) is 0.319. The van der Waals surface area contributed by atoms with E-state index in [1.54, 1.807) is 23.1 Å².